The van der Waals surface area contributed by atoms with Gasteiger partial charge in [0, 0.05) is 16.7 Å². The van der Waals surface area contributed by atoms with Crippen LogP contribution in [0.1, 0.15) is 15.9 Å². The van der Waals surface area contributed by atoms with Gasteiger partial charge in [-0.05, 0) is 29.0 Å². The van der Waals surface area contributed by atoms with E-state index in [1.54, 1.807) is 18.2 Å². The van der Waals surface area contributed by atoms with Gasteiger partial charge in [0.2, 0.25) is 5.75 Å². The molecule has 3 rings (SSSR count). The second kappa shape index (κ2) is 7.30. The molecule has 0 saturated carbocycles. The van der Waals surface area contributed by atoms with Gasteiger partial charge in [-0.2, -0.15) is 5.10 Å². The van der Waals surface area contributed by atoms with Crippen LogP contribution in [0.15, 0.2) is 53.6 Å². The summed E-state index contributed by atoms with van der Waals surface area (Å²) in [5.74, 6) is -1.54. The van der Waals surface area contributed by atoms with E-state index in [2.05, 4.69) is 10.5 Å². The van der Waals surface area contributed by atoms with Gasteiger partial charge in [0.05, 0.1) is 16.7 Å². The molecule has 0 aliphatic carbocycles. The third-order valence-corrected chi connectivity index (χ3v) is 3.98. The molecule has 0 radical (unpaired) electrons. The number of nitrogens with one attached hydrogen (secondary N) is 1. The lowest BCUT2D eigenvalue weighted by Gasteiger charge is -2.06. The molecule has 136 valence electrons. The lowest BCUT2D eigenvalue weighted by Crippen LogP contribution is -2.17. The Labute approximate surface area is 157 Å². The van der Waals surface area contributed by atoms with Gasteiger partial charge >= 0.3 is 5.69 Å². The van der Waals surface area contributed by atoms with Gasteiger partial charge in [-0.3, -0.25) is 14.9 Å². The Bertz CT molecular complexity index is 1100. The van der Waals surface area contributed by atoms with Crippen molar-refractivity contribution >= 4 is 40.2 Å². The molecule has 0 aliphatic heterocycles. The molecule has 3 N–H and O–H groups in total. The minimum absolute atomic E-state index is 0.00662. The van der Waals surface area contributed by atoms with E-state index in [0.717, 1.165) is 23.1 Å². The number of nitro benzene ring substituents is 1. The average Bonchev–Trinajstić information content (AvgIpc) is 2.63. The highest BCUT2D eigenvalue weighted by molar-refractivity contribution is 6.31. The van der Waals surface area contributed by atoms with Crippen LogP contribution < -0.4 is 5.43 Å². The first-order valence-corrected chi connectivity index (χ1v) is 7.96. The van der Waals surface area contributed by atoms with Gasteiger partial charge in [0.1, 0.15) is 5.75 Å². The summed E-state index contributed by atoms with van der Waals surface area (Å²) >= 11 is 5.78. The molecule has 3 aromatic rings. The van der Waals surface area contributed by atoms with E-state index in [-0.39, 0.29) is 21.9 Å². The number of phenolic OH excluding ortho intramolecular Hbond substituents is 2. The lowest BCUT2D eigenvalue weighted by molar-refractivity contribution is -0.385. The van der Waals surface area contributed by atoms with Crippen LogP contribution in [0.25, 0.3) is 10.8 Å². The highest BCUT2D eigenvalue weighted by atomic mass is 35.5. The van der Waals surface area contributed by atoms with Crippen LogP contribution in [0.5, 0.6) is 11.5 Å². The molecule has 1 amide bonds. The van der Waals surface area contributed by atoms with Gasteiger partial charge in [0.15, 0.2) is 0 Å². The number of fused-ring (bicyclic) bond motifs is 1. The molecule has 0 fully saturated rings. The molecule has 0 bridgehead atoms. The monoisotopic (exact) mass is 385 g/mol. The van der Waals surface area contributed by atoms with Crippen LogP contribution >= 0.6 is 11.6 Å². The molecule has 0 unspecified atom stereocenters. The number of rotatable bonds is 4. The summed E-state index contributed by atoms with van der Waals surface area (Å²) in [7, 11) is 0. The summed E-state index contributed by atoms with van der Waals surface area (Å²) in [5, 5.41) is 36.0. The number of amides is 1. The number of nitro groups is 1. The molecule has 0 atom stereocenters. The fourth-order valence-electron chi connectivity index (χ4n) is 2.47. The zero-order valence-electron chi connectivity index (χ0n) is 13.6. The van der Waals surface area contributed by atoms with Gasteiger partial charge in [0.25, 0.3) is 5.91 Å². The number of aromatic hydroxyl groups is 2. The minimum atomic E-state index is -0.787. The van der Waals surface area contributed by atoms with Crippen molar-refractivity contribution in [2.75, 3.05) is 0 Å². The van der Waals surface area contributed by atoms with E-state index in [4.69, 9.17) is 11.6 Å². The van der Waals surface area contributed by atoms with E-state index in [0.29, 0.717) is 0 Å². The molecule has 0 spiro atoms. The first kappa shape index (κ1) is 18.2. The van der Waals surface area contributed by atoms with E-state index < -0.39 is 22.3 Å². The minimum Gasteiger partial charge on any atom is -0.507 e. The van der Waals surface area contributed by atoms with Crippen molar-refractivity contribution in [3.8, 4) is 11.5 Å². The number of hydrazone groups is 1. The number of hydrogen-bond donors (Lipinski definition) is 3. The Morgan fingerprint density at radius 3 is 2.48 bits per heavy atom. The Morgan fingerprint density at radius 2 is 1.81 bits per heavy atom. The third kappa shape index (κ3) is 3.80. The van der Waals surface area contributed by atoms with Gasteiger partial charge in [-0.25, -0.2) is 5.43 Å². The number of hydrogen-bond acceptors (Lipinski definition) is 6. The second-order valence-corrected chi connectivity index (χ2v) is 5.97. The maximum Gasteiger partial charge on any atom is 0.312 e. The molecule has 27 heavy (non-hydrogen) atoms. The van der Waals surface area contributed by atoms with Crippen molar-refractivity contribution in [3.05, 3.63) is 74.8 Å². The van der Waals surface area contributed by atoms with Crippen molar-refractivity contribution in [2.24, 2.45) is 5.10 Å². The van der Waals surface area contributed by atoms with Crippen LogP contribution in [-0.4, -0.2) is 27.3 Å². The molecule has 0 aliphatic rings. The Hall–Kier alpha value is -3.65. The maximum atomic E-state index is 12.2. The summed E-state index contributed by atoms with van der Waals surface area (Å²) in [4.78, 5) is 22.3. The summed E-state index contributed by atoms with van der Waals surface area (Å²) in [5.41, 5.74) is 1.58. The molecule has 0 saturated heterocycles. The highest BCUT2D eigenvalue weighted by Gasteiger charge is 2.18. The summed E-state index contributed by atoms with van der Waals surface area (Å²) < 4.78 is 0. The van der Waals surface area contributed by atoms with E-state index >= 15 is 0 Å². The zero-order chi connectivity index (χ0) is 19.6. The summed E-state index contributed by atoms with van der Waals surface area (Å²) in [6, 6.07) is 12.4. The molecular weight excluding hydrogens is 374 g/mol. The van der Waals surface area contributed by atoms with Crippen molar-refractivity contribution in [2.45, 2.75) is 0 Å². The fraction of sp³-hybridized carbons (Fsp3) is 0. The van der Waals surface area contributed by atoms with Crippen LogP contribution in [0.3, 0.4) is 0 Å². The van der Waals surface area contributed by atoms with E-state index in [9.17, 15) is 25.1 Å². The van der Waals surface area contributed by atoms with Crippen LogP contribution in [0.2, 0.25) is 5.02 Å². The topological polar surface area (TPSA) is 125 Å². The van der Waals surface area contributed by atoms with Crippen LogP contribution in [-0.2, 0) is 0 Å². The van der Waals surface area contributed by atoms with Gasteiger partial charge in [-0.1, -0.05) is 35.9 Å². The Balaban J connectivity index is 1.84. The number of phenols is 2. The number of nitrogens with zero attached hydrogens (tertiary/aromatic N) is 2. The predicted octanol–water partition coefficient (Wildman–Crippen LogP) is 3.58. The SMILES string of the molecule is O=C(N/N=C/c1cc(Cl)cc([N+](=O)[O-])c1O)c1cc2ccccc2cc1O. The zero-order valence-corrected chi connectivity index (χ0v) is 14.3. The standard InChI is InChI=1S/C18H12ClN3O5/c19-13-5-12(17(24)15(8-13)22(26)27)9-20-21-18(25)14-6-10-3-1-2-4-11(10)7-16(14)23/h1-9,23-24H,(H,21,25)/b20-9+. The Kier molecular flexibility index (Phi) is 4.91. The van der Waals surface area contributed by atoms with Gasteiger partial charge < -0.3 is 10.2 Å². The second-order valence-electron chi connectivity index (χ2n) is 5.54. The maximum absolute atomic E-state index is 12.2. The molecule has 0 aromatic heterocycles. The number of benzene rings is 3. The molecule has 3 aromatic carbocycles. The van der Waals surface area contributed by atoms with Crippen molar-refractivity contribution in [1.29, 1.82) is 0 Å². The Morgan fingerprint density at radius 1 is 1.15 bits per heavy atom. The smallest absolute Gasteiger partial charge is 0.312 e. The van der Waals surface area contributed by atoms with E-state index in [1.165, 1.54) is 18.2 Å². The van der Waals surface area contributed by atoms with Crippen LogP contribution in [0.4, 0.5) is 5.69 Å². The fourth-order valence-corrected chi connectivity index (χ4v) is 2.69. The quantitative estimate of drug-likeness (QED) is 0.359. The highest BCUT2D eigenvalue weighted by Crippen LogP contribution is 2.32. The number of carbonyl (C=O) groups is 1. The molecule has 9 heteroatoms. The van der Waals surface area contributed by atoms with E-state index in [1.807, 2.05) is 6.07 Å². The average molecular weight is 386 g/mol. The summed E-state index contributed by atoms with van der Waals surface area (Å²) in [6.07, 6.45) is 1.02. The number of carbonyl (C=O) groups excluding carboxylic acids is 1. The first-order chi connectivity index (χ1) is 12.9. The molecule has 8 nitrogen and oxygen atoms in total. The predicted molar refractivity (Wildman–Crippen MR) is 100 cm³/mol. The normalized spacial score (nSPS) is 11.0. The number of halogens is 1. The van der Waals surface area contributed by atoms with Crippen LogP contribution in [0, 0.1) is 10.1 Å². The van der Waals surface area contributed by atoms with Crippen molar-refractivity contribution < 1.29 is 19.9 Å². The first-order valence-electron chi connectivity index (χ1n) is 7.59. The van der Waals surface area contributed by atoms with Crippen molar-refractivity contribution in [3.63, 3.8) is 0 Å². The third-order valence-electron chi connectivity index (χ3n) is 3.76. The molecular formula is C18H12ClN3O5. The largest absolute Gasteiger partial charge is 0.507 e. The summed E-state index contributed by atoms with van der Waals surface area (Å²) in [6.45, 7) is 0. The molecule has 0 heterocycles. The lowest BCUT2D eigenvalue weighted by atomic mass is 10.1. The van der Waals surface area contributed by atoms with Crippen molar-refractivity contribution in [1.82, 2.24) is 5.43 Å². The van der Waals surface area contributed by atoms with Gasteiger partial charge in [-0.15, -0.1) is 0 Å².